The quantitative estimate of drug-likeness (QED) is 0.759. The van der Waals surface area contributed by atoms with Gasteiger partial charge in [-0.25, -0.2) is 9.18 Å². The molecule has 0 radical (unpaired) electrons. The van der Waals surface area contributed by atoms with E-state index in [1.54, 1.807) is 6.07 Å². The zero-order valence-electron chi connectivity index (χ0n) is 10.9. The minimum Gasteiger partial charge on any atom is -0.478 e. The minimum absolute atomic E-state index is 0.00936. The summed E-state index contributed by atoms with van der Waals surface area (Å²) in [7, 11) is 1.94. The first-order chi connectivity index (χ1) is 8.54. The Morgan fingerprint density at radius 1 is 1.39 bits per heavy atom. The number of unbranched alkanes of at least 4 members (excludes halogenated alkanes) is 2. The number of halogens is 1. The zero-order valence-corrected chi connectivity index (χ0v) is 10.9. The maximum absolute atomic E-state index is 13.7. The van der Waals surface area contributed by atoms with Crippen molar-refractivity contribution >= 4 is 5.97 Å². The Morgan fingerprint density at radius 2 is 2.11 bits per heavy atom. The molecule has 0 saturated carbocycles. The van der Waals surface area contributed by atoms with Crippen LogP contribution in [0.3, 0.4) is 0 Å². The highest BCUT2D eigenvalue weighted by Gasteiger charge is 2.09. The molecule has 0 aliphatic carbocycles. The van der Waals surface area contributed by atoms with Gasteiger partial charge in [-0.3, -0.25) is 0 Å². The molecule has 0 aliphatic rings. The SMILES string of the molecule is CCCCCN(C)Cc1ccc(C(=O)O)cc1F. The van der Waals surface area contributed by atoms with Gasteiger partial charge in [0.25, 0.3) is 0 Å². The average molecular weight is 253 g/mol. The number of hydrogen-bond donors (Lipinski definition) is 1. The molecule has 0 spiro atoms. The lowest BCUT2D eigenvalue weighted by atomic mass is 10.1. The Hall–Kier alpha value is -1.42. The summed E-state index contributed by atoms with van der Waals surface area (Å²) in [4.78, 5) is 12.7. The largest absolute Gasteiger partial charge is 0.478 e. The van der Waals surface area contributed by atoms with Crippen molar-refractivity contribution in [2.45, 2.75) is 32.7 Å². The summed E-state index contributed by atoms with van der Waals surface area (Å²) in [6.07, 6.45) is 3.43. The van der Waals surface area contributed by atoms with Gasteiger partial charge in [0.15, 0.2) is 0 Å². The van der Waals surface area contributed by atoms with Crippen molar-refractivity contribution in [1.29, 1.82) is 0 Å². The molecule has 18 heavy (non-hydrogen) atoms. The van der Waals surface area contributed by atoms with E-state index in [9.17, 15) is 9.18 Å². The highest BCUT2D eigenvalue weighted by molar-refractivity contribution is 5.87. The Kier molecular flexibility index (Phi) is 5.78. The van der Waals surface area contributed by atoms with Crippen LogP contribution in [-0.2, 0) is 6.54 Å². The molecule has 0 saturated heterocycles. The maximum Gasteiger partial charge on any atom is 0.335 e. The van der Waals surface area contributed by atoms with Gasteiger partial charge in [0.2, 0.25) is 0 Å². The predicted octanol–water partition coefficient (Wildman–Crippen LogP) is 3.15. The Bertz CT molecular complexity index is 407. The smallest absolute Gasteiger partial charge is 0.335 e. The molecule has 0 aliphatic heterocycles. The van der Waals surface area contributed by atoms with Gasteiger partial charge in [-0.2, -0.15) is 0 Å². The molecule has 3 nitrogen and oxygen atoms in total. The van der Waals surface area contributed by atoms with E-state index in [1.165, 1.54) is 12.5 Å². The molecule has 1 aromatic rings. The predicted molar refractivity (Wildman–Crippen MR) is 69.2 cm³/mol. The van der Waals surface area contributed by atoms with Crippen molar-refractivity contribution in [3.63, 3.8) is 0 Å². The average Bonchev–Trinajstić information content (AvgIpc) is 2.32. The molecule has 4 heteroatoms. The van der Waals surface area contributed by atoms with E-state index in [1.807, 2.05) is 7.05 Å². The molecule has 0 heterocycles. The van der Waals surface area contributed by atoms with Gasteiger partial charge in [0, 0.05) is 12.1 Å². The van der Waals surface area contributed by atoms with Crippen molar-refractivity contribution in [2.75, 3.05) is 13.6 Å². The molecule has 1 rings (SSSR count). The molecule has 100 valence electrons. The fourth-order valence-corrected chi connectivity index (χ4v) is 1.81. The molecular weight excluding hydrogens is 233 g/mol. The molecule has 0 aromatic heterocycles. The van der Waals surface area contributed by atoms with Crippen LogP contribution in [0.25, 0.3) is 0 Å². The van der Waals surface area contributed by atoms with Crippen LogP contribution < -0.4 is 0 Å². The van der Waals surface area contributed by atoms with Gasteiger partial charge < -0.3 is 10.0 Å². The van der Waals surface area contributed by atoms with Crippen LogP contribution in [0.15, 0.2) is 18.2 Å². The highest BCUT2D eigenvalue weighted by atomic mass is 19.1. The van der Waals surface area contributed by atoms with Crippen LogP contribution in [0.5, 0.6) is 0 Å². The minimum atomic E-state index is -1.10. The first-order valence-electron chi connectivity index (χ1n) is 6.25. The normalized spacial score (nSPS) is 10.9. The maximum atomic E-state index is 13.7. The van der Waals surface area contributed by atoms with E-state index in [2.05, 4.69) is 11.8 Å². The number of rotatable bonds is 7. The van der Waals surface area contributed by atoms with E-state index in [-0.39, 0.29) is 5.56 Å². The van der Waals surface area contributed by atoms with E-state index in [0.717, 1.165) is 25.5 Å². The lowest BCUT2D eigenvalue weighted by Gasteiger charge is -2.17. The Balaban J connectivity index is 2.59. The van der Waals surface area contributed by atoms with Crippen LogP contribution in [0.4, 0.5) is 4.39 Å². The van der Waals surface area contributed by atoms with Gasteiger partial charge in [-0.15, -0.1) is 0 Å². The molecule has 0 bridgehead atoms. The van der Waals surface area contributed by atoms with Crippen LogP contribution in [0, 0.1) is 5.82 Å². The van der Waals surface area contributed by atoms with Gasteiger partial charge in [-0.05, 0) is 32.1 Å². The second-order valence-electron chi connectivity index (χ2n) is 4.56. The third-order valence-corrected chi connectivity index (χ3v) is 2.88. The highest BCUT2D eigenvalue weighted by Crippen LogP contribution is 2.13. The van der Waals surface area contributed by atoms with Gasteiger partial charge >= 0.3 is 5.97 Å². The van der Waals surface area contributed by atoms with Gasteiger partial charge in [0.05, 0.1) is 5.56 Å². The number of nitrogens with zero attached hydrogens (tertiary/aromatic N) is 1. The summed E-state index contributed by atoms with van der Waals surface area (Å²) in [6.45, 7) is 3.58. The van der Waals surface area contributed by atoms with Crippen molar-refractivity contribution in [1.82, 2.24) is 4.90 Å². The fourth-order valence-electron chi connectivity index (χ4n) is 1.81. The van der Waals surface area contributed by atoms with E-state index in [0.29, 0.717) is 12.1 Å². The number of carbonyl (C=O) groups is 1. The van der Waals surface area contributed by atoms with Crippen LogP contribution in [0.2, 0.25) is 0 Å². The van der Waals surface area contributed by atoms with Crippen molar-refractivity contribution in [3.05, 3.63) is 35.1 Å². The number of benzene rings is 1. The third kappa shape index (κ3) is 4.45. The lowest BCUT2D eigenvalue weighted by Crippen LogP contribution is -2.20. The van der Waals surface area contributed by atoms with Gasteiger partial charge in [0.1, 0.15) is 5.82 Å². The first-order valence-corrected chi connectivity index (χ1v) is 6.25. The molecule has 0 fully saturated rings. The van der Waals surface area contributed by atoms with Crippen LogP contribution in [0.1, 0.15) is 42.1 Å². The molecule has 1 aromatic carbocycles. The second kappa shape index (κ2) is 7.11. The van der Waals surface area contributed by atoms with E-state index in [4.69, 9.17) is 5.11 Å². The summed E-state index contributed by atoms with van der Waals surface area (Å²) in [5, 5.41) is 8.75. The second-order valence-corrected chi connectivity index (χ2v) is 4.56. The number of aromatic carboxylic acids is 1. The van der Waals surface area contributed by atoms with E-state index >= 15 is 0 Å². The number of carboxylic acid groups (broad SMARTS) is 1. The zero-order chi connectivity index (χ0) is 13.5. The van der Waals surface area contributed by atoms with Crippen LogP contribution >= 0.6 is 0 Å². The number of hydrogen-bond acceptors (Lipinski definition) is 2. The molecule has 1 N–H and O–H groups in total. The monoisotopic (exact) mass is 253 g/mol. The molecule has 0 amide bonds. The van der Waals surface area contributed by atoms with Crippen molar-refractivity contribution < 1.29 is 14.3 Å². The summed E-state index contributed by atoms with van der Waals surface area (Å²) in [6, 6.07) is 4.08. The summed E-state index contributed by atoms with van der Waals surface area (Å²) < 4.78 is 13.7. The van der Waals surface area contributed by atoms with Crippen molar-refractivity contribution in [2.24, 2.45) is 0 Å². The standard InChI is InChI=1S/C14H20FNO2/c1-3-4-5-8-16(2)10-12-7-6-11(14(17)18)9-13(12)15/h6-7,9H,3-5,8,10H2,1-2H3,(H,17,18). The Labute approximate surface area is 107 Å². The Morgan fingerprint density at radius 3 is 2.67 bits per heavy atom. The van der Waals surface area contributed by atoms with Crippen LogP contribution in [-0.4, -0.2) is 29.6 Å². The summed E-state index contributed by atoms with van der Waals surface area (Å²) in [5.74, 6) is -1.55. The fraction of sp³-hybridized carbons (Fsp3) is 0.500. The third-order valence-electron chi connectivity index (χ3n) is 2.88. The summed E-state index contributed by atoms with van der Waals surface area (Å²) >= 11 is 0. The van der Waals surface area contributed by atoms with E-state index < -0.39 is 11.8 Å². The van der Waals surface area contributed by atoms with Crippen molar-refractivity contribution in [3.8, 4) is 0 Å². The molecule has 0 unspecified atom stereocenters. The topological polar surface area (TPSA) is 40.5 Å². The number of carboxylic acids is 1. The lowest BCUT2D eigenvalue weighted by molar-refractivity contribution is 0.0696. The molecule has 0 atom stereocenters. The summed E-state index contributed by atoms with van der Waals surface area (Å²) in [5.41, 5.74) is 0.531. The van der Waals surface area contributed by atoms with Gasteiger partial charge in [-0.1, -0.05) is 25.8 Å². The molecular formula is C14H20FNO2. The first kappa shape index (κ1) is 14.6.